The van der Waals surface area contributed by atoms with E-state index in [2.05, 4.69) is 22.4 Å². The Bertz CT molecular complexity index is 790. The molecular formula is C19H16N2O. The smallest absolute Gasteiger partial charge is 0.166 e. The second-order valence-electron chi connectivity index (χ2n) is 5.73. The zero-order valence-corrected chi connectivity index (χ0v) is 12.1. The van der Waals surface area contributed by atoms with Gasteiger partial charge in [0.15, 0.2) is 5.78 Å². The molecule has 0 bridgehead atoms. The third-order valence-corrected chi connectivity index (χ3v) is 4.30. The van der Waals surface area contributed by atoms with Crippen molar-refractivity contribution in [2.75, 3.05) is 5.32 Å². The molecule has 4 rings (SSSR count). The third kappa shape index (κ3) is 2.25. The third-order valence-electron chi connectivity index (χ3n) is 4.30. The van der Waals surface area contributed by atoms with E-state index >= 15 is 0 Å². The summed E-state index contributed by atoms with van der Waals surface area (Å²) in [6.45, 7) is 0. The van der Waals surface area contributed by atoms with Gasteiger partial charge in [-0.2, -0.15) is 0 Å². The number of rotatable bonds is 1. The summed E-state index contributed by atoms with van der Waals surface area (Å²) < 4.78 is 0. The Balaban J connectivity index is 1.71. The fourth-order valence-corrected chi connectivity index (χ4v) is 3.15. The van der Waals surface area contributed by atoms with Gasteiger partial charge in [0.2, 0.25) is 0 Å². The van der Waals surface area contributed by atoms with Crippen LogP contribution in [0, 0.1) is 0 Å². The second-order valence-corrected chi connectivity index (χ2v) is 5.73. The number of ketones is 1. The first kappa shape index (κ1) is 13.0. The largest absolute Gasteiger partial charge is 0.356 e. The summed E-state index contributed by atoms with van der Waals surface area (Å²) in [5.41, 5.74) is 4.77. The number of nitrogens with zero attached hydrogens (tertiary/aromatic N) is 1. The highest BCUT2D eigenvalue weighted by atomic mass is 16.1. The minimum Gasteiger partial charge on any atom is -0.356 e. The topological polar surface area (TPSA) is 41.5 Å². The van der Waals surface area contributed by atoms with Gasteiger partial charge in [0.05, 0.1) is 16.9 Å². The highest BCUT2D eigenvalue weighted by Gasteiger charge is 2.29. The van der Waals surface area contributed by atoms with Gasteiger partial charge in [0.1, 0.15) is 0 Å². The maximum absolute atomic E-state index is 12.5. The number of hydrogen-bond donors (Lipinski definition) is 1. The molecule has 2 aromatic carbocycles. The van der Waals surface area contributed by atoms with E-state index in [4.69, 9.17) is 0 Å². The van der Waals surface area contributed by atoms with Crippen LogP contribution in [-0.2, 0) is 4.79 Å². The van der Waals surface area contributed by atoms with Crippen LogP contribution in [0.1, 0.15) is 24.3 Å². The van der Waals surface area contributed by atoms with E-state index in [1.165, 1.54) is 5.56 Å². The van der Waals surface area contributed by atoms with Crippen molar-refractivity contribution in [3.63, 3.8) is 0 Å². The number of allylic oxidation sites excluding steroid dienone is 2. The van der Waals surface area contributed by atoms with Crippen LogP contribution < -0.4 is 5.32 Å². The average molecular weight is 288 g/mol. The Hall–Kier alpha value is -2.68. The summed E-state index contributed by atoms with van der Waals surface area (Å²) in [6, 6.07) is 18.1. The number of fused-ring (bicyclic) bond motifs is 1. The fourth-order valence-electron chi connectivity index (χ4n) is 3.15. The molecule has 0 fully saturated rings. The molecule has 3 nitrogen and oxygen atoms in total. The number of carbonyl (C=O) groups excluding carboxylic acids is 1. The molecule has 0 saturated carbocycles. The van der Waals surface area contributed by atoms with Crippen LogP contribution in [0.2, 0.25) is 0 Å². The summed E-state index contributed by atoms with van der Waals surface area (Å²) >= 11 is 0. The predicted octanol–water partition coefficient (Wildman–Crippen LogP) is 4.22. The van der Waals surface area contributed by atoms with Crippen LogP contribution in [0.4, 0.5) is 11.4 Å². The molecule has 1 atom stereocenters. The van der Waals surface area contributed by atoms with Crippen LogP contribution in [-0.4, -0.2) is 12.0 Å². The maximum atomic E-state index is 12.5. The lowest BCUT2D eigenvalue weighted by atomic mass is 9.82. The molecule has 0 aromatic heterocycles. The molecular weight excluding hydrogens is 272 g/mol. The fraction of sp³-hybridized carbons (Fsp3) is 0.158. The molecule has 0 spiro atoms. The van der Waals surface area contributed by atoms with Crippen LogP contribution in [0.15, 0.2) is 70.9 Å². The van der Waals surface area contributed by atoms with Crippen molar-refractivity contribution in [2.45, 2.75) is 18.8 Å². The summed E-state index contributed by atoms with van der Waals surface area (Å²) in [5.74, 6) is 0.401. The molecule has 2 aliphatic rings. The number of hydrogen-bond acceptors (Lipinski definition) is 3. The van der Waals surface area contributed by atoms with Gasteiger partial charge in [-0.3, -0.25) is 9.79 Å². The SMILES string of the molecule is O=C1C[C@H](c2ccccc2)CC2=C1C=Nc1ccccc1N2. The van der Waals surface area contributed by atoms with Crippen molar-refractivity contribution in [1.29, 1.82) is 0 Å². The summed E-state index contributed by atoms with van der Waals surface area (Å²) in [4.78, 5) is 17.0. The molecule has 1 N–H and O–H groups in total. The van der Waals surface area contributed by atoms with Gasteiger partial charge in [-0.25, -0.2) is 0 Å². The number of para-hydroxylation sites is 2. The van der Waals surface area contributed by atoms with Crippen LogP contribution in [0.3, 0.4) is 0 Å². The van der Waals surface area contributed by atoms with E-state index in [1.807, 2.05) is 42.5 Å². The first-order valence-electron chi connectivity index (χ1n) is 7.52. The van der Waals surface area contributed by atoms with E-state index in [-0.39, 0.29) is 11.7 Å². The minimum absolute atomic E-state index is 0.166. The van der Waals surface area contributed by atoms with E-state index in [1.54, 1.807) is 6.21 Å². The van der Waals surface area contributed by atoms with Crippen LogP contribution in [0.5, 0.6) is 0 Å². The molecule has 1 heterocycles. The summed E-state index contributed by atoms with van der Waals surface area (Å²) in [6.07, 6.45) is 3.11. The lowest BCUT2D eigenvalue weighted by Gasteiger charge is -2.25. The minimum atomic E-state index is 0.166. The molecule has 22 heavy (non-hydrogen) atoms. The van der Waals surface area contributed by atoms with Gasteiger partial charge in [-0.15, -0.1) is 0 Å². The lowest BCUT2D eigenvalue weighted by Crippen LogP contribution is -2.22. The van der Waals surface area contributed by atoms with Crippen LogP contribution in [0.25, 0.3) is 0 Å². The molecule has 0 amide bonds. The molecule has 108 valence electrons. The average Bonchev–Trinajstić information content (AvgIpc) is 2.75. The van der Waals surface area contributed by atoms with Crippen molar-refractivity contribution < 1.29 is 4.79 Å². The summed E-state index contributed by atoms with van der Waals surface area (Å²) in [5, 5.41) is 3.43. The van der Waals surface area contributed by atoms with Crippen molar-refractivity contribution in [3.05, 3.63) is 71.4 Å². The van der Waals surface area contributed by atoms with Crippen molar-refractivity contribution in [3.8, 4) is 0 Å². The lowest BCUT2D eigenvalue weighted by molar-refractivity contribution is -0.115. The molecule has 0 radical (unpaired) electrons. The Labute approximate surface area is 129 Å². The Morgan fingerprint density at radius 3 is 2.59 bits per heavy atom. The summed E-state index contributed by atoms with van der Waals surface area (Å²) in [7, 11) is 0. The number of aliphatic imine (C=N–C) groups is 1. The molecule has 3 heteroatoms. The molecule has 1 aliphatic carbocycles. The van der Waals surface area contributed by atoms with E-state index in [9.17, 15) is 4.79 Å². The van der Waals surface area contributed by atoms with Crippen molar-refractivity contribution >= 4 is 23.4 Å². The molecule has 1 aliphatic heterocycles. The van der Waals surface area contributed by atoms with Gasteiger partial charge in [0, 0.05) is 18.3 Å². The van der Waals surface area contributed by atoms with E-state index in [0.29, 0.717) is 6.42 Å². The highest BCUT2D eigenvalue weighted by Crippen LogP contribution is 2.37. The maximum Gasteiger partial charge on any atom is 0.166 e. The number of benzene rings is 2. The number of carbonyl (C=O) groups is 1. The number of anilines is 1. The van der Waals surface area contributed by atoms with Crippen molar-refractivity contribution in [1.82, 2.24) is 0 Å². The number of nitrogens with one attached hydrogen (secondary N) is 1. The van der Waals surface area contributed by atoms with Gasteiger partial charge in [-0.05, 0) is 30.0 Å². The zero-order chi connectivity index (χ0) is 14.9. The molecule has 0 unspecified atom stereocenters. The van der Waals surface area contributed by atoms with Crippen LogP contribution >= 0.6 is 0 Å². The molecule has 2 aromatic rings. The van der Waals surface area contributed by atoms with Gasteiger partial charge >= 0.3 is 0 Å². The first-order chi connectivity index (χ1) is 10.8. The second kappa shape index (κ2) is 5.26. The Kier molecular flexibility index (Phi) is 3.11. The molecule has 0 saturated heterocycles. The monoisotopic (exact) mass is 288 g/mol. The Morgan fingerprint density at radius 2 is 1.73 bits per heavy atom. The predicted molar refractivity (Wildman–Crippen MR) is 88.7 cm³/mol. The van der Waals surface area contributed by atoms with E-state index in [0.717, 1.165) is 29.1 Å². The standard InChI is InChI=1S/C19H16N2O/c22-19-11-14(13-6-2-1-3-7-13)10-18-15(19)12-20-16-8-4-5-9-17(16)21-18/h1-9,12,14,21H,10-11H2/t14-/m1/s1. The number of Topliss-reactive ketones (excluding diaryl/α,β-unsaturated/α-hetero) is 1. The first-order valence-corrected chi connectivity index (χ1v) is 7.52. The quantitative estimate of drug-likeness (QED) is 0.853. The van der Waals surface area contributed by atoms with Gasteiger partial charge in [-0.1, -0.05) is 42.5 Å². The normalized spacial score (nSPS) is 20.0. The van der Waals surface area contributed by atoms with Crippen molar-refractivity contribution in [2.24, 2.45) is 4.99 Å². The van der Waals surface area contributed by atoms with Gasteiger partial charge in [0.25, 0.3) is 0 Å². The highest BCUT2D eigenvalue weighted by molar-refractivity contribution is 6.16. The zero-order valence-electron chi connectivity index (χ0n) is 12.1. The van der Waals surface area contributed by atoms with Gasteiger partial charge < -0.3 is 5.32 Å². The Morgan fingerprint density at radius 1 is 0.955 bits per heavy atom. The van der Waals surface area contributed by atoms with E-state index < -0.39 is 0 Å².